The van der Waals surface area contributed by atoms with Crippen LogP contribution in [0.1, 0.15) is 23.1 Å². The number of methoxy groups -OCH3 is 1. The van der Waals surface area contributed by atoms with Gasteiger partial charge in [0.2, 0.25) is 5.91 Å². The van der Waals surface area contributed by atoms with Crippen molar-refractivity contribution in [2.24, 2.45) is 0 Å². The van der Waals surface area contributed by atoms with Crippen molar-refractivity contribution in [3.05, 3.63) is 59.2 Å². The van der Waals surface area contributed by atoms with Crippen LogP contribution < -0.4 is 14.8 Å². The highest BCUT2D eigenvalue weighted by Gasteiger charge is 2.04. The SMILES string of the molecule is COc1ccc(CCNC(=O)CCOc2cc(C)ccc2C)cc1. The first-order chi connectivity index (χ1) is 11.6. The van der Waals surface area contributed by atoms with Crippen LogP contribution in [0.3, 0.4) is 0 Å². The number of nitrogens with one attached hydrogen (secondary N) is 1. The number of hydrogen-bond acceptors (Lipinski definition) is 3. The third-order valence-electron chi connectivity index (χ3n) is 3.83. The van der Waals surface area contributed by atoms with Gasteiger partial charge in [0.1, 0.15) is 11.5 Å². The Morgan fingerprint density at radius 3 is 2.54 bits per heavy atom. The molecule has 4 nitrogen and oxygen atoms in total. The van der Waals surface area contributed by atoms with Crippen molar-refractivity contribution in [2.75, 3.05) is 20.3 Å². The van der Waals surface area contributed by atoms with Gasteiger partial charge in [0.25, 0.3) is 0 Å². The molecule has 128 valence electrons. The summed E-state index contributed by atoms with van der Waals surface area (Å²) in [6, 6.07) is 13.9. The molecule has 2 rings (SSSR count). The van der Waals surface area contributed by atoms with E-state index in [1.165, 1.54) is 5.56 Å². The Labute approximate surface area is 143 Å². The molecule has 0 atom stereocenters. The second-order valence-corrected chi connectivity index (χ2v) is 5.82. The van der Waals surface area contributed by atoms with E-state index < -0.39 is 0 Å². The fourth-order valence-corrected chi connectivity index (χ4v) is 2.34. The quantitative estimate of drug-likeness (QED) is 0.808. The van der Waals surface area contributed by atoms with E-state index in [-0.39, 0.29) is 5.91 Å². The van der Waals surface area contributed by atoms with Crippen LogP contribution in [0.5, 0.6) is 11.5 Å². The van der Waals surface area contributed by atoms with Crippen LogP contribution in [0.15, 0.2) is 42.5 Å². The third kappa shape index (κ3) is 5.61. The van der Waals surface area contributed by atoms with Gasteiger partial charge in [-0.3, -0.25) is 4.79 Å². The summed E-state index contributed by atoms with van der Waals surface area (Å²) in [4.78, 5) is 11.9. The Morgan fingerprint density at radius 2 is 1.83 bits per heavy atom. The van der Waals surface area contributed by atoms with Gasteiger partial charge in [0.15, 0.2) is 0 Å². The van der Waals surface area contributed by atoms with Gasteiger partial charge in [0.05, 0.1) is 20.1 Å². The van der Waals surface area contributed by atoms with Crippen LogP contribution in [0, 0.1) is 13.8 Å². The van der Waals surface area contributed by atoms with Crippen LogP contribution >= 0.6 is 0 Å². The molecule has 0 aliphatic rings. The standard InChI is InChI=1S/C20H25NO3/c1-15-4-5-16(2)19(14-15)24-13-11-20(22)21-12-10-17-6-8-18(23-3)9-7-17/h4-9,14H,10-13H2,1-3H3,(H,21,22). The van der Waals surface area contributed by atoms with E-state index in [0.29, 0.717) is 19.6 Å². The number of hydrogen-bond donors (Lipinski definition) is 1. The average molecular weight is 327 g/mol. The summed E-state index contributed by atoms with van der Waals surface area (Å²) in [5, 5.41) is 2.92. The van der Waals surface area contributed by atoms with Crippen molar-refractivity contribution >= 4 is 5.91 Å². The Balaban J connectivity index is 1.67. The lowest BCUT2D eigenvalue weighted by Gasteiger charge is -2.10. The Morgan fingerprint density at radius 1 is 1.08 bits per heavy atom. The Bertz CT molecular complexity index is 665. The first-order valence-corrected chi connectivity index (χ1v) is 8.18. The molecule has 0 saturated carbocycles. The number of rotatable bonds is 8. The minimum Gasteiger partial charge on any atom is -0.497 e. The van der Waals surface area contributed by atoms with Crippen LogP contribution in [0.25, 0.3) is 0 Å². The zero-order valence-electron chi connectivity index (χ0n) is 14.6. The lowest BCUT2D eigenvalue weighted by molar-refractivity contribution is -0.121. The van der Waals surface area contributed by atoms with Crippen molar-refractivity contribution in [1.82, 2.24) is 5.32 Å². The molecule has 1 N–H and O–H groups in total. The zero-order valence-corrected chi connectivity index (χ0v) is 14.6. The summed E-state index contributed by atoms with van der Waals surface area (Å²) < 4.78 is 10.8. The number of carbonyl (C=O) groups excluding carboxylic acids is 1. The molecule has 0 spiro atoms. The minimum absolute atomic E-state index is 0.00816. The largest absolute Gasteiger partial charge is 0.497 e. The van der Waals surface area contributed by atoms with Crippen molar-refractivity contribution in [3.8, 4) is 11.5 Å². The van der Waals surface area contributed by atoms with Crippen LogP contribution in [0.2, 0.25) is 0 Å². The van der Waals surface area contributed by atoms with Crippen molar-refractivity contribution in [2.45, 2.75) is 26.7 Å². The first-order valence-electron chi connectivity index (χ1n) is 8.18. The number of ether oxygens (including phenoxy) is 2. The Kier molecular flexibility index (Phi) is 6.67. The maximum Gasteiger partial charge on any atom is 0.223 e. The number of benzene rings is 2. The monoisotopic (exact) mass is 327 g/mol. The van der Waals surface area contributed by atoms with E-state index in [1.54, 1.807) is 7.11 Å². The van der Waals surface area contributed by atoms with Gasteiger partial charge in [-0.25, -0.2) is 0 Å². The van der Waals surface area contributed by atoms with Gasteiger partial charge in [-0.1, -0.05) is 24.3 Å². The highest BCUT2D eigenvalue weighted by molar-refractivity contribution is 5.76. The molecule has 1 amide bonds. The smallest absolute Gasteiger partial charge is 0.223 e. The van der Waals surface area contributed by atoms with E-state index in [9.17, 15) is 4.79 Å². The summed E-state index contributed by atoms with van der Waals surface area (Å²) in [6.07, 6.45) is 1.16. The molecule has 2 aromatic carbocycles. The molecule has 0 saturated heterocycles. The number of carbonyl (C=O) groups is 1. The first kappa shape index (κ1) is 17.9. The molecule has 0 fully saturated rings. The number of amides is 1. The number of aryl methyl sites for hydroxylation is 2. The van der Waals surface area contributed by atoms with Crippen molar-refractivity contribution in [1.29, 1.82) is 0 Å². The topological polar surface area (TPSA) is 47.6 Å². The maximum atomic E-state index is 11.9. The molecule has 0 radical (unpaired) electrons. The fourth-order valence-electron chi connectivity index (χ4n) is 2.34. The lowest BCUT2D eigenvalue weighted by Crippen LogP contribution is -2.27. The van der Waals surface area contributed by atoms with E-state index in [1.807, 2.05) is 56.3 Å². The summed E-state index contributed by atoms with van der Waals surface area (Å²) in [5.74, 6) is 1.70. The average Bonchev–Trinajstić information content (AvgIpc) is 2.58. The second kappa shape index (κ2) is 8.96. The molecule has 2 aromatic rings. The predicted molar refractivity (Wildman–Crippen MR) is 95.7 cm³/mol. The molecular weight excluding hydrogens is 302 g/mol. The van der Waals surface area contributed by atoms with Crippen molar-refractivity contribution in [3.63, 3.8) is 0 Å². The molecule has 0 unspecified atom stereocenters. The third-order valence-corrected chi connectivity index (χ3v) is 3.83. The van der Waals surface area contributed by atoms with E-state index in [0.717, 1.165) is 29.0 Å². The predicted octanol–water partition coefficient (Wildman–Crippen LogP) is 3.44. The van der Waals surface area contributed by atoms with Gasteiger partial charge in [-0.15, -0.1) is 0 Å². The Hall–Kier alpha value is -2.49. The van der Waals surface area contributed by atoms with Crippen molar-refractivity contribution < 1.29 is 14.3 Å². The van der Waals surface area contributed by atoms with E-state index in [2.05, 4.69) is 5.32 Å². The zero-order chi connectivity index (χ0) is 17.4. The summed E-state index contributed by atoms with van der Waals surface area (Å²) in [5.41, 5.74) is 3.41. The van der Waals surface area contributed by atoms with E-state index >= 15 is 0 Å². The molecule has 0 bridgehead atoms. The van der Waals surface area contributed by atoms with Crippen LogP contribution in [-0.2, 0) is 11.2 Å². The highest BCUT2D eigenvalue weighted by Crippen LogP contribution is 2.19. The van der Waals surface area contributed by atoms with Gasteiger partial charge in [0, 0.05) is 6.54 Å². The maximum absolute atomic E-state index is 11.9. The minimum atomic E-state index is 0.00816. The molecular formula is C20H25NO3. The normalized spacial score (nSPS) is 10.3. The van der Waals surface area contributed by atoms with Gasteiger partial charge in [-0.2, -0.15) is 0 Å². The second-order valence-electron chi connectivity index (χ2n) is 5.82. The lowest BCUT2D eigenvalue weighted by atomic mass is 10.1. The molecule has 0 aliphatic carbocycles. The van der Waals surface area contributed by atoms with Crippen LogP contribution in [-0.4, -0.2) is 26.2 Å². The molecule has 0 aliphatic heterocycles. The summed E-state index contributed by atoms with van der Waals surface area (Å²) in [7, 11) is 1.65. The fraction of sp³-hybridized carbons (Fsp3) is 0.350. The van der Waals surface area contributed by atoms with E-state index in [4.69, 9.17) is 9.47 Å². The van der Waals surface area contributed by atoms with Gasteiger partial charge in [-0.05, 0) is 55.2 Å². The molecule has 24 heavy (non-hydrogen) atoms. The molecule has 0 aromatic heterocycles. The molecule has 0 heterocycles. The highest BCUT2D eigenvalue weighted by atomic mass is 16.5. The summed E-state index contributed by atoms with van der Waals surface area (Å²) in [6.45, 7) is 5.04. The van der Waals surface area contributed by atoms with Crippen LogP contribution in [0.4, 0.5) is 0 Å². The van der Waals surface area contributed by atoms with Gasteiger partial charge >= 0.3 is 0 Å². The molecule has 4 heteroatoms. The van der Waals surface area contributed by atoms with Gasteiger partial charge < -0.3 is 14.8 Å². The summed E-state index contributed by atoms with van der Waals surface area (Å²) >= 11 is 0.